The second kappa shape index (κ2) is 9.77. The number of carbonyl (C=O) groups is 1. The Morgan fingerprint density at radius 1 is 1.48 bits per heavy atom. The molecule has 2 saturated heterocycles. The molecule has 1 amide bonds. The molecular weight excluding hydrogens is 392 g/mol. The van der Waals surface area contributed by atoms with Gasteiger partial charge in [-0.25, -0.2) is 4.98 Å². The Balaban J connectivity index is 0.00000240. The molecule has 1 N–H and O–H groups in total. The van der Waals surface area contributed by atoms with E-state index in [0.717, 1.165) is 64.2 Å². The number of ether oxygens (including phenoxy) is 2. The molecule has 1 spiro atoms. The normalized spacial score (nSPS) is 26.1. The van der Waals surface area contributed by atoms with E-state index in [0.29, 0.717) is 24.6 Å². The fraction of sp³-hybridized carbons (Fsp3) is 0.810. The number of amides is 1. The van der Waals surface area contributed by atoms with Gasteiger partial charge in [0.1, 0.15) is 11.9 Å². The summed E-state index contributed by atoms with van der Waals surface area (Å²) in [6.07, 6.45) is 9.01. The number of nitrogens with zero attached hydrogens (tertiary/aromatic N) is 3. The van der Waals surface area contributed by atoms with Gasteiger partial charge in [0.2, 0.25) is 0 Å². The molecule has 164 valence electrons. The Hall–Kier alpha value is -1.15. The minimum absolute atomic E-state index is 0. The van der Waals surface area contributed by atoms with E-state index < -0.39 is 6.10 Å². The van der Waals surface area contributed by atoms with Crippen LogP contribution in [0.4, 0.5) is 0 Å². The third kappa shape index (κ3) is 4.95. The van der Waals surface area contributed by atoms with Gasteiger partial charge >= 0.3 is 0 Å². The van der Waals surface area contributed by atoms with Gasteiger partial charge in [-0.3, -0.25) is 4.79 Å². The van der Waals surface area contributed by atoms with Gasteiger partial charge < -0.3 is 24.3 Å². The fourth-order valence-corrected chi connectivity index (χ4v) is 4.83. The molecule has 0 radical (unpaired) electrons. The quantitative estimate of drug-likeness (QED) is 0.691. The highest BCUT2D eigenvalue weighted by atomic mass is 35.5. The summed E-state index contributed by atoms with van der Waals surface area (Å²) in [5.41, 5.74) is 0.291. The Labute approximate surface area is 179 Å². The summed E-state index contributed by atoms with van der Waals surface area (Å²) in [6, 6.07) is 0.304. The summed E-state index contributed by atoms with van der Waals surface area (Å²) in [4.78, 5) is 20.0. The van der Waals surface area contributed by atoms with E-state index >= 15 is 0 Å². The molecule has 3 heterocycles. The van der Waals surface area contributed by atoms with Crippen molar-refractivity contribution >= 4 is 18.3 Å². The highest BCUT2D eigenvalue weighted by Crippen LogP contribution is 2.56. The number of hydrogen-bond donors (Lipinski definition) is 1. The van der Waals surface area contributed by atoms with Crippen LogP contribution in [0.1, 0.15) is 51.8 Å². The monoisotopic (exact) mass is 426 g/mol. The smallest absolute Gasteiger partial charge is 0.252 e. The zero-order chi connectivity index (χ0) is 19.6. The van der Waals surface area contributed by atoms with Crippen LogP contribution in [0.3, 0.4) is 0 Å². The summed E-state index contributed by atoms with van der Waals surface area (Å²) < 4.78 is 13.7. The molecule has 29 heavy (non-hydrogen) atoms. The van der Waals surface area contributed by atoms with Gasteiger partial charge in [0, 0.05) is 31.6 Å². The van der Waals surface area contributed by atoms with Gasteiger partial charge in [0.05, 0.1) is 19.3 Å². The number of aryl methyl sites for hydroxylation is 1. The van der Waals surface area contributed by atoms with Gasteiger partial charge in [-0.05, 0) is 64.5 Å². The van der Waals surface area contributed by atoms with Gasteiger partial charge in [-0.15, -0.1) is 12.4 Å². The van der Waals surface area contributed by atoms with Crippen LogP contribution in [0, 0.1) is 5.41 Å². The van der Waals surface area contributed by atoms with Gasteiger partial charge in [-0.1, -0.05) is 0 Å². The summed E-state index contributed by atoms with van der Waals surface area (Å²) >= 11 is 0. The highest BCUT2D eigenvalue weighted by Gasteiger charge is 2.58. The van der Waals surface area contributed by atoms with E-state index in [2.05, 4.69) is 26.7 Å². The van der Waals surface area contributed by atoms with Crippen molar-refractivity contribution in [1.29, 1.82) is 0 Å². The van der Waals surface area contributed by atoms with Crippen LogP contribution in [0.2, 0.25) is 0 Å². The van der Waals surface area contributed by atoms with Crippen molar-refractivity contribution in [2.45, 2.75) is 77.3 Å². The lowest BCUT2D eigenvalue weighted by Crippen LogP contribution is -2.44. The maximum absolute atomic E-state index is 13.4. The molecule has 3 fully saturated rings. The number of nitrogens with one attached hydrogen (secondary N) is 1. The second-order valence-corrected chi connectivity index (χ2v) is 8.54. The molecule has 1 aliphatic carbocycles. The maximum atomic E-state index is 13.4. The van der Waals surface area contributed by atoms with Crippen molar-refractivity contribution in [2.75, 3.05) is 26.3 Å². The SMILES string of the molecule is CCn1ccnc1CN(C(=O)C(C)OCC1CCCO1)C1CC12CCNCC2.Cl. The maximum Gasteiger partial charge on any atom is 0.252 e. The predicted octanol–water partition coefficient (Wildman–Crippen LogP) is 2.38. The Morgan fingerprint density at radius 2 is 2.28 bits per heavy atom. The third-order valence-corrected chi connectivity index (χ3v) is 6.76. The minimum Gasteiger partial charge on any atom is -0.376 e. The van der Waals surface area contributed by atoms with Crippen LogP contribution in [-0.4, -0.2) is 64.9 Å². The number of hydrogen-bond acceptors (Lipinski definition) is 5. The van der Waals surface area contributed by atoms with Crippen LogP contribution in [0.25, 0.3) is 0 Å². The van der Waals surface area contributed by atoms with E-state index in [9.17, 15) is 4.79 Å². The topological polar surface area (TPSA) is 68.6 Å². The molecule has 0 aromatic carbocycles. The first-order chi connectivity index (χ1) is 13.6. The molecule has 2 aliphatic heterocycles. The number of halogens is 1. The Bertz CT molecular complexity index is 671. The first-order valence-corrected chi connectivity index (χ1v) is 10.9. The zero-order valence-corrected chi connectivity index (χ0v) is 18.5. The molecule has 4 rings (SSSR count). The van der Waals surface area contributed by atoms with Gasteiger partial charge in [-0.2, -0.15) is 0 Å². The number of rotatable bonds is 8. The molecule has 1 aromatic heterocycles. The van der Waals surface area contributed by atoms with E-state index in [1.807, 2.05) is 19.3 Å². The lowest BCUT2D eigenvalue weighted by Gasteiger charge is -2.31. The minimum atomic E-state index is -0.450. The molecule has 3 unspecified atom stereocenters. The highest BCUT2D eigenvalue weighted by molar-refractivity contribution is 5.85. The van der Waals surface area contributed by atoms with Crippen molar-refractivity contribution in [3.8, 4) is 0 Å². The average Bonchev–Trinajstić information content (AvgIpc) is 3.12. The molecule has 1 saturated carbocycles. The molecule has 0 bridgehead atoms. The summed E-state index contributed by atoms with van der Waals surface area (Å²) in [5.74, 6) is 1.04. The van der Waals surface area contributed by atoms with Crippen molar-refractivity contribution in [3.63, 3.8) is 0 Å². The van der Waals surface area contributed by atoms with E-state index in [4.69, 9.17) is 9.47 Å². The summed E-state index contributed by atoms with van der Waals surface area (Å²) in [5, 5.41) is 3.45. The lowest BCUT2D eigenvalue weighted by molar-refractivity contribution is -0.146. The average molecular weight is 427 g/mol. The van der Waals surface area contributed by atoms with E-state index in [1.54, 1.807) is 0 Å². The third-order valence-electron chi connectivity index (χ3n) is 6.76. The molecule has 8 heteroatoms. The van der Waals surface area contributed by atoms with Crippen LogP contribution in [0.15, 0.2) is 12.4 Å². The van der Waals surface area contributed by atoms with Crippen molar-refractivity contribution in [3.05, 3.63) is 18.2 Å². The van der Waals surface area contributed by atoms with Crippen molar-refractivity contribution < 1.29 is 14.3 Å². The summed E-state index contributed by atoms with van der Waals surface area (Å²) in [7, 11) is 0. The number of piperidine rings is 1. The standard InChI is InChI=1S/C21H34N4O3.ClH/c1-3-24-11-10-23-19(24)14-25(18-13-21(18)6-8-22-9-7-21)20(26)16(2)28-15-17-5-4-12-27-17;/h10-11,16-18,22H,3-9,12-15H2,1-2H3;1H. The van der Waals surface area contributed by atoms with E-state index in [1.165, 1.54) is 0 Å². The van der Waals surface area contributed by atoms with Crippen LogP contribution in [-0.2, 0) is 27.4 Å². The van der Waals surface area contributed by atoms with Crippen LogP contribution in [0.5, 0.6) is 0 Å². The fourth-order valence-electron chi connectivity index (χ4n) is 4.83. The Kier molecular flexibility index (Phi) is 7.59. The molecule has 1 aromatic rings. The predicted molar refractivity (Wildman–Crippen MR) is 113 cm³/mol. The molecule has 7 nitrogen and oxygen atoms in total. The molecular formula is C21H35ClN4O3. The van der Waals surface area contributed by atoms with Crippen molar-refractivity contribution in [1.82, 2.24) is 19.8 Å². The number of carbonyl (C=O) groups excluding carboxylic acids is 1. The van der Waals surface area contributed by atoms with E-state index in [-0.39, 0.29) is 24.4 Å². The first kappa shape index (κ1) is 22.5. The molecule has 3 aliphatic rings. The zero-order valence-electron chi connectivity index (χ0n) is 17.6. The Morgan fingerprint density at radius 3 is 2.97 bits per heavy atom. The largest absolute Gasteiger partial charge is 0.376 e. The summed E-state index contributed by atoms with van der Waals surface area (Å²) in [6.45, 7) is 8.82. The number of aromatic nitrogens is 2. The van der Waals surface area contributed by atoms with Crippen LogP contribution < -0.4 is 5.32 Å². The van der Waals surface area contributed by atoms with Gasteiger partial charge in [0.15, 0.2) is 0 Å². The second-order valence-electron chi connectivity index (χ2n) is 8.54. The first-order valence-electron chi connectivity index (χ1n) is 10.9. The molecule has 3 atom stereocenters. The van der Waals surface area contributed by atoms with Crippen molar-refractivity contribution in [2.24, 2.45) is 5.41 Å². The number of imidazole rings is 1. The lowest BCUT2D eigenvalue weighted by atomic mass is 9.93. The van der Waals surface area contributed by atoms with Gasteiger partial charge in [0.25, 0.3) is 5.91 Å². The van der Waals surface area contributed by atoms with Crippen LogP contribution >= 0.6 is 12.4 Å².